The highest BCUT2D eigenvalue weighted by Gasteiger charge is 2.16. The molecule has 0 heterocycles. The second kappa shape index (κ2) is 9.47. The third-order valence-electron chi connectivity index (χ3n) is 3.70. The van der Waals surface area contributed by atoms with Gasteiger partial charge in [-0.3, -0.25) is 9.59 Å². The molecule has 0 fully saturated rings. The third kappa shape index (κ3) is 5.64. The van der Waals surface area contributed by atoms with Gasteiger partial charge in [0.05, 0.1) is 12.7 Å². The van der Waals surface area contributed by atoms with Crippen molar-refractivity contribution in [2.75, 3.05) is 19.0 Å². The van der Waals surface area contributed by atoms with Crippen molar-refractivity contribution in [1.82, 2.24) is 0 Å². The number of rotatable bonds is 8. The first-order valence-corrected chi connectivity index (χ1v) is 8.38. The second-order valence-electron chi connectivity index (χ2n) is 5.72. The van der Waals surface area contributed by atoms with Crippen molar-refractivity contribution < 1.29 is 28.2 Å². The molecule has 0 aliphatic heterocycles. The van der Waals surface area contributed by atoms with Crippen LogP contribution in [0.2, 0.25) is 0 Å². The van der Waals surface area contributed by atoms with E-state index < -0.39 is 24.2 Å². The van der Waals surface area contributed by atoms with Gasteiger partial charge >= 0.3 is 5.97 Å². The summed E-state index contributed by atoms with van der Waals surface area (Å²) in [6.45, 7) is 1.38. The number of halogens is 1. The average Bonchev–Trinajstić information content (AvgIpc) is 2.66. The summed E-state index contributed by atoms with van der Waals surface area (Å²) >= 11 is 0. The largest absolute Gasteiger partial charge is 0.497 e. The minimum Gasteiger partial charge on any atom is -0.497 e. The quantitative estimate of drug-likeness (QED) is 0.565. The first-order valence-electron chi connectivity index (χ1n) is 8.38. The summed E-state index contributed by atoms with van der Waals surface area (Å²) in [7, 11) is 1.38. The first kappa shape index (κ1) is 20.1. The summed E-state index contributed by atoms with van der Waals surface area (Å²) in [6, 6.07) is 9.93. The predicted molar refractivity (Wildman–Crippen MR) is 97.5 cm³/mol. The molecular weight excluding hydrogens is 353 g/mol. The minimum absolute atomic E-state index is 0.105. The van der Waals surface area contributed by atoms with Crippen LogP contribution in [0.25, 0.3) is 0 Å². The Morgan fingerprint density at radius 1 is 1.07 bits per heavy atom. The van der Waals surface area contributed by atoms with Crippen LogP contribution in [0.1, 0.15) is 40.5 Å². The Hall–Kier alpha value is -3.22. The highest BCUT2D eigenvalue weighted by atomic mass is 19.1. The Morgan fingerprint density at radius 2 is 1.78 bits per heavy atom. The van der Waals surface area contributed by atoms with Gasteiger partial charge in [-0.1, -0.05) is 6.92 Å². The van der Waals surface area contributed by atoms with E-state index >= 15 is 0 Å². The number of Topliss-reactive ketones (excluding diaryl/α,β-unsaturated/α-hetero) is 1. The summed E-state index contributed by atoms with van der Waals surface area (Å²) in [5, 5.41) is 2.71. The molecule has 27 heavy (non-hydrogen) atoms. The molecule has 0 bridgehead atoms. The zero-order valence-electron chi connectivity index (χ0n) is 15.1. The van der Waals surface area contributed by atoms with Gasteiger partial charge in [0.1, 0.15) is 11.6 Å². The number of carbonyl (C=O) groups is 3. The van der Waals surface area contributed by atoms with E-state index in [1.54, 1.807) is 12.1 Å². The van der Waals surface area contributed by atoms with Gasteiger partial charge in [-0.15, -0.1) is 0 Å². The van der Waals surface area contributed by atoms with Crippen molar-refractivity contribution in [3.8, 4) is 5.75 Å². The summed E-state index contributed by atoms with van der Waals surface area (Å²) < 4.78 is 23.6. The summed E-state index contributed by atoms with van der Waals surface area (Å²) in [5.74, 6) is -2.01. The molecule has 0 aliphatic carbocycles. The molecule has 2 aromatic carbocycles. The number of hydrogen-bond donors (Lipinski definition) is 1. The monoisotopic (exact) mass is 373 g/mol. The molecule has 0 saturated carbocycles. The molecule has 0 atom stereocenters. The van der Waals surface area contributed by atoms with Gasteiger partial charge in [0.15, 0.2) is 12.4 Å². The van der Waals surface area contributed by atoms with E-state index in [-0.39, 0.29) is 17.2 Å². The third-order valence-corrected chi connectivity index (χ3v) is 3.70. The van der Waals surface area contributed by atoms with Crippen molar-refractivity contribution >= 4 is 23.3 Å². The van der Waals surface area contributed by atoms with Crippen LogP contribution in [0.5, 0.6) is 5.75 Å². The number of anilines is 1. The lowest BCUT2D eigenvalue weighted by Crippen LogP contribution is -2.15. The lowest BCUT2D eigenvalue weighted by atomic mass is 10.1. The van der Waals surface area contributed by atoms with Crippen LogP contribution >= 0.6 is 0 Å². The maximum atomic E-state index is 13.8. The number of nitrogens with one attached hydrogen (secondary N) is 1. The van der Waals surface area contributed by atoms with Crippen LogP contribution < -0.4 is 10.1 Å². The van der Waals surface area contributed by atoms with Gasteiger partial charge in [0.25, 0.3) is 0 Å². The normalized spacial score (nSPS) is 10.2. The summed E-state index contributed by atoms with van der Waals surface area (Å²) in [5.41, 5.74) is 0.603. The van der Waals surface area contributed by atoms with E-state index in [1.807, 2.05) is 6.92 Å². The Bertz CT molecular complexity index is 833. The zero-order chi connectivity index (χ0) is 19.8. The van der Waals surface area contributed by atoms with Crippen molar-refractivity contribution in [3.63, 3.8) is 0 Å². The Balaban J connectivity index is 1.93. The van der Waals surface area contributed by atoms with Crippen LogP contribution in [0.15, 0.2) is 42.5 Å². The molecule has 6 nitrogen and oxygen atoms in total. The maximum absolute atomic E-state index is 13.8. The maximum Gasteiger partial charge on any atom is 0.341 e. The van der Waals surface area contributed by atoms with Crippen molar-refractivity contribution in [2.45, 2.75) is 19.8 Å². The summed E-state index contributed by atoms with van der Waals surface area (Å²) in [6.07, 6.45) is 1.15. The van der Waals surface area contributed by atoms with E-state index in [9.17, 15) is 18.8 Å². The SMILES string of the molecule is CCCC(=O)Nc1ccc(C(=O)COC(=O)c2ccc(OC)cc2F)cc1. The van der Waals surface area contributed by atoms with Gasteiger partial charge in [-0.25, -0.2) is 9.18 Å². The number of ketones is 1. The molecule has 1 N–H and O–H groups in total. The van der Waals surface area contributed by atoms with E-state index in [2.05, 4.69) is 5.32 Å². The molecule has 0 unspecified atom stereocenters. The molecule has 2 rings (SSSR count). The lowest BCUT2D eigenvalue weighted by Gasteiger charge is -2.08. The van der Waals surface area contributed by atoms with Crippen molar-refractivity contribution in [3.05, 3.63) is 59.4 Å². The molecule has 142 valence electrons. The number of carbonyl (C=O) groups excluding carboxylic acids is 3. The zero-order valence-corrected chi connectivity index (χ0v) is 15.1. The molecular formula is C20H20FNO5. The number of esters is 1. The fourth-order valence-electron chi connectivity index (χ4n) is 2.27. The Kier molecular flexibility index (Phi) is 7.05. The average molecular weight is 373 g/mol. The smallest absolute Gasteiger partial charge is 0.341 e. The number of benzene rings is 2. The van der Waals surface area contributed by atoms with E-state index in [0.29, 0.717) is 17.7 Å². The Labute approximate surface area is 156 Å². The topological polar surface area (TPSA) is 81.7 Å². The number of hydrogen-bond acceptors (Lipinski definition) is 5. The van der Waals surface area contributed by atoms with Gasteiger partial charge in [0, 0.05) is 23.7 Å². The van der Waals surface area contributed by atoms with Crippen LogP contribution in [0.3, 0.4) is 0 Å². The highest BCUT2D eigenvalue weighted by Crippen LogP contribution is 2.17. The number of methoxy groups -OCH3 is 1. The van der Waals surface area contributed by atoms with Gasteiger partial charge in [0.2, 0.25) is 5.91 Å². The molecule has 7 heteroatoms. The van der Waals surface area contributed by atoms with Crippen LogP contribution in [0, 0.1) is 5.82 Å². The van der Waals surface area contributed by atoms with Crippen molar-refractivity contribution in [1.29, 1.82) is 0 Å². The standard InChI is InChI=1S/C20H20FNO5/c1-3-4-19(24)22-14-7-5-13(6-8-14)18(23)12-27-20(25)16-10-9-15(26-2)11-17(16)21/h5-11H,3-4,12H2,1-2H3,(H,22,24). The van der Waals surface area contributed by atoms with Crippen LogP contribution in [0.4, 0.5) is 10.1 Å². The molecule has 2 aromatic rings. The van der Waals surface area contributed by atoms with Gasteiger partial charge in [-0.05, 0) is 42.8 Å². The summed E-state index contributed by atoms with van der Waals surface area (Å²) in [4.78, 5) is 35.6. The van der Waals surface area contributed by atoms with Crippen LogP contribution in [-0.4, -0.2) is 31.4 Å². The molecule has 0 radical (unpaired) electrons. The fourth-order valence-corrected chi connectivity index (χ4v) is 2.27. The van der Waals surface area contributed by atoms with Gasteiger partial charge in [-0.2, -0.15) is 0 Å². The lowest BCUT2D eigenvalue weighted by molar-refractivity contribution is -0.116. The van der Waals surface area contributed by atoms with Crippen LogP contribution in [-0.2, 0) is 9.53 Å². The van der Waals surface area contributed by atoms with E-state index in [0.717, 1.165) is 12.5 Å². The van der Waals surface area contributed by atoms with Crippen molar-refractivity contribution in [2.24, 2.45) is 0 Å². The molecule has 0 saturated heterocycles. The fraction of sp³-hybridized carbons (Fsp3) is 0.250. The van der Waals surface area contributed by atoms with E-state index in [1.165, 1.54) is 31.4 Å². The second-order valence-corrected chi connectivity index (χ2v) is 5.72. The first-order chi connectivity index (χ1) is 12.9. The number of amides is 1. The minimum atomic E-state index is -0.938. The highest BCUT2D eigenvalue weighted by molar-refractivity contribution is 6.00. The molecule has 0 aromatic heterocycles. The molecule has 0 aliphatic rings. The Morgan fingerprint density at radius 3 is 2.37 bits per heavy atom. The molecule has 0 spiro atoms. The predicted octanol–water partition coefficient (Wildman–Crippen LogP) is 3.61. The van der Waals surface area contributed by atoms with Gasteiger partial charge < -0.3 is 14.8 Å². The number of ether oxygens (including phenoxy) is 2. The molecule has 1 amide bonds. The van der Waals surface area contributed by atoms with E-state index in [4.69, 9.17) is 9.47 Å².